The summed E-state index contributed by atoms with van der Waals surface area (Å²) in [6.07, 6.45) is 2.98. The number of para-hydroxylation sites is 3. The van der Waals surface area contributed by atoms with E-state index < -0.39 is 0 Å². The second-order valence-electron chi connectivity index (χ2n) is 6.17. The Bertz CT molecular complexity index is 1160. The van der Waals surface area contributed by atoms with Crippen LogP contribution in [0.15, 0.2) is 66.1 Å². The lowest BCUT2D eigenvalue weighted by Crippen LogP contribution is -2.22. The van der Waals surface area contributed by atoms with Crippen LogP contribution in [-0.4, -0.2) is 26.8 Å². The topological polar surface area (TPSA) is 91.0 Å². The lowest BCUT2D eigenvalue weighted by atomic mass is 10.3. The van der Waals surface area contributed by atoms with Crippen molar-refractivity contribution in [1.29, 1.82) is 0 Å². The van der Waals surface area contributed by atoms with Gasteiger partial charge < -0.3 is 4.98 Å². The Balaban J connectivity index is 1.47. The Kier molecular flexibility index (Phi) is 5.17. The van der Waals surface area contributed by atoms with Gasteiger partial charge >= 0.3 is 0 Å². The summed E-state index contributed by atoms with van der Waals surface area (Å²) >= 11 is 1.33. The summed E-state index contributed by atoms with van der Waals surface area (Å²) in [6, 6.07) is 16.8. The van der Waals surface area contributed by atoms with Gasteiger partial charge in [-0.2, -0.15) is 0 Å². The van der Waals surface area contributed by atoms with Gasteiger partial charge in [-0.15, -0.1) is 11.3 Å². The number of nitrogens with one attached hydrogen (secondary N) is 2. The maximum atomic E-state index is 12.2. The first-order valence-electron chi connectivity index (χ1n) is 8.85. The normalized spacial score (nSPS) is 11.1. The predicted octanol–water partition coefficient (Wildman–Crippen LogP) is 4.36. The number of carbonyl (C=O) groups excluding carboxylic acids is 2. The molecule has 4 rings (SSSR count). The summed E-state index contributed by atoms with van der Waals surface area (Å²) in [5, 5.41) is 5.03. The number of hydrogen-bond donors (Lipinski definition) is 2. The van der Waals surface area contributed by atoms with Gasteiger partial charge in [0, 0.05) is 18.4 Å². The summed E-state index contributed by atoms with van der Waals surface area (Å²) < 4.78 is 0. The van der Waals surface area contributed by atoms with E-state index in [-0.39, 0.29) is 11.8 Å². The van der Waals surface area contributed by atoms with Crippen molar-refractivity contribution in [1.82, 2.24) is 15.0 Å². The molecule has 0 aliphatic rings. The summed E-state index contributed by atoms with van der Waals surface area (Å²) in [7, 11) is 0. The van der Waals surface area contributed by atoms with E-state index >= 15 is 0 Å². The third-order valence-electron chi connectivity index (χ3n) is 4.07. The highest BCUT2D eigenvalue weighted by molar-refractivity contribution is 7.14. The molecule has 7 nitrogen and oxygen atoms in total. The van der Waals surface area contributed by atoms with Crippen LogP contribution in [0.25, 0.3) is 17.1 Å². The molecular formula is C21H17N5O2S. The van der Waals surface area contributed by atoms with Crippen molar-refractivity contribution in [3.05, 3.63) is 71.7 Å². The van der Waals surface area contributed by atoms with Crippen molar-refractivity contribution in [2.45, 2.75) is 6.92 Å². The molecular weight excluding hydrogens is 386 g/mol. The number of fused-ring (bicyclic) bond motifs is 1. The SMILES string of the molecule is CC(=O)N(c1ccccc1)c1nc(/C=C/C(=O)Nc2nc3ccccc3[nH]2)cs1. The number of amides is 2. The molecule has 0 radical (unpaired) electrons. The number of benzene rings is 2. The Hall–Kier alpha value is -3.78. The van der Waals surface area contributed by atoms with E-state index in [1.807, 2.05) is 54.6 Å². The molecule has 4 aromatic rings. The van der Waals surface area contributed by atoms with Gasteiger partial charge in [0.05, 0.1) is 22.4 Å². The average molecular weight is 403 g/mol. The van der Waals surface area contributed by atoms with Crippen molar-refractivity contribution >= 4 is 57.0 Å². The lowest BCUT2D eigenvalue weighted by Gasteiger charge is -2.17. The number of aromatic nitrogens is 3. The maximum Gasteiger partial charge on any atom is 0.250 e. The van der Waals surface area contributed by atoms with Crippen LogP contribution in [0.2, 0.25) is 0 Å². The molecule has 0 saturated heterocycles. The van der Waals surface area contributed by atoms with Gasteiger partial charge in [-0.1, -0.05) is 30.3 Å². The van der Waals surface area contributed by atoms with E-state index in [1.54, 1.807) is 11.5 Å². The maximum absolute atomic E-state index is 12.2. The first kappa shape index (κ1) is 18.6. The van der Waals surface area contributed by atoms with Gasteiger partial charge in [-0.25, -0.2) is 9.97 Å². The molecule has 0 unspecified atom stereocenters. The molecule has 8 heteroatoms. The molecule has 0 spiro atoms. The first-order chi connectivity index (χ1) is 14.1. The minimum atomic E-state index is -0.329. The molecule has 2 aromatic heterocycles. The van der Waals surface area contributed by atoms with E-state index in [0.29, 0.717) is 16.8 Å². The third kappa shape index (κ3) is 4.22. The third-order valence-corrected chi connectivity index (χ3v) is 4.91. The largest absolute Gasteiger partial charge is 0.324 e. The highest BCUT2D eigenvalue weighted by Crippen LogP contribution is 2.29. The van der Waals surface area contributed by atoms with Crippen LogP contribution >= 0.6 is 11.3 Å². The average Bonchev–Trinajstić information content (AvgIpc) is 3.33. The van der Waals surface area contributed by atoms with Crippen LogP contribution in [0, 0.1) is 0 Å². The fraction of sp³-hybridized carbons (Fsp3) is 0.0476. The van der Waals surface area contributed by atoms with E-state index in [9.17, 15) is 9.59 Å². The van der Waals surface area contributed by atoms with E-state index in [1.165, 1.54) is 29.2 Å². The Morgan fingerprint density at radius 1 is 1.07 bits per heavy atom. The molecule has 0 atom stereocenters. The van der Waals surface area contributed by atoms with Crippen LogP contribution in [0.4, 0.5) is 16.8 Å². The Morgan fingerprint density at radius 3 is 2.59 bits per heavy atom. The second kappa shape index (κ2) is 8.07. The number of thiazole rings is 1. The van der Waals surface area contributed by atoms with Crippen LogP contribution in [0.5, 0.6) is 0 Å². The molecule has 2 aromatic carbocycles. The van der Waals surface area contributed by atoms with Crippen LogP contribution in [0.1, 0.15) is 12.6 Å². The van der Waals surface area contributed by atoms with Gasteiger partial charge in [0.1, 0.15) is 0 Å². The lowest BCUT2D eigenvalue weighted by molar-refractivity contribution is -0.116. The number of anilines is 3. The zero-order valence-electron chi connectivity index (χ0n) is 15.5. The zero-order valence-corrected chi connectivity index (χ0v) is 16.3. The minimum absolute atomic E-state index is 0.135. The molecule has 2 amide bonds. The summed E-state index contributed by atoms with van der Waals surface area (Å²) in [4.78, 5) is 37.6. The van der Waals surface area contributed by atoms with Gasteiger partial charge in [0.15, 0.2) is 5.13 Å². The molecule has 2 heterocycles. The molecule has 2 N–H and O–H groups in total. The highest BCUT2D eigenvalue weighted by Gasteiger charge is 2.17. The Labute approximate surface area is 170 Å². The number of aromatic amines is 1. The van der Waals surface area contributed by atoms with Gasteiger partial charge in [-0.3, -0.25) is 19.8 Å². The molecule has 0 aliphatic carbocycles. The number of nitrogens with zero attached hydrogens (tertiary/aromatic N) is 3. The number of rotatable bonds is 5. The van der Waals surface area contributed by atoms with E-state index in [2.05, 4.69) is 20.3 Å². The van der Waals surface area contributed by atoms with E-state index in [4.69, 9.17) is 0 Å². The minimum Gasteiger partial charge on any atom is -0.324 e. The summed E-state index contributed by atoms with van der Waals surface area (Å²) in [5.41, 5.74) is 2.96. The first-order valence-corrected chi connectivity index (χ1v) is 9.73. The quantitative estimate of drug-likeness (QED) is 0.485. The van der Waals surface area contributed by atoms with E-state index in [0.717, 1.165) is 16.7 Å². The van der Waals surface area contributed by atoms with Crippen molar-refractivity contribution in [3.63, 3.8) is 0 Å². The molecule has 29 heavy (non-hydrogen) atoms. The van der Waals surface area contributed by atoms with Crippen molar-refractivity contribution in [2.75, 3.05) is 10.2 Å². The zero-order chi connectivity index (χ0) is 20.2. The monoisotopic (exact) mass is 403 g/mol. The predicted molar refractivity (Wildman–Crippen MR) is 115 cm³/mol. The highest BCUT2D eigenvalue weighted by atomic mass is 32.1. The molecule has 0 fully saturated rings. The van der Waals surface area contributed by atoms with Crippen molar-refractivity contribution in [3.8, 4) is 0 Å². The van der Waals surface area contributed by atoms with Gasteiger partial charge in [-0.05, 0) is 30.3 Å². The molecule has 0 bridgehead atoms. The number of imidazole rings is 1. The number of carbonyl (C=O) groups is 2. The Morgan fingerprint density at radius 2 is 1.83 bits per heavy atom. The van der Waals surface area contributed by atoms with Gasteiger partial charge in [0.25, 0.3) is 5.91 Å². The number of hydrogen-bond acceptors (Lipinski definition) is 5. The van der Waals surface area contributed by atoms with Gasteiger partial charge in [0.2, 0.25) is 11.9 Å². The van der Waals surface area contributed by atoms with Crippen molar-refractivity contribution in [2.24, 2.45) is 0 Å². The summed E-state index contributed by atoms with van der Waals surface area (Å²) in [5.74, 6) is -0.0829. The standard InChI is InChI=1S/C21H17N5O2S/c1-14(27)26(16-7-3-2-4-8-16)21-22-15(13-29-21)11-12-19(28)25-20-23-17-9-5-6-10-18(17)24-20/h2-13H,1H3,(H2,23,24,25,28)/b12-11+. The fourth-order valence-electron chi connectivity index (χ4n) is 2.79. The second-order valence-corrected chi connectivity index (χ2v) is 7.01. The summed E-state index contributed by atoms with van der Waals surface area (Å²) in [6.45, 7) is 1.49. The van der Waals surface area contributed by atoms with Crippen LogP contribution in [0.3, 0.4) is 0 Å². The van der Waals surface area contributed by atoms with Crippen LogP contribution in [-0.2, 0) is 9.59 Å². The number of H-pyrrole nitrogens is 1. The fourth-order valence-corrected chi connectivity index (χ4v) is 3.65. The van der Waals surface area contributed by atoms with Crippen LogP contribution < -0.4 is 10.2 Å². The molecule has 0 saturated carbocycles. The smallest absolute Gasteiger partial charge is 0.250 e. The van der Waals surface area contributed by atoms with Crippen molar-refractivity contribution < 1.29 is 9.59 Å². The molecule has 0 aliphatic heterocycles. The molecule has 144 valence electrons.